The smallest absolute Gasteiger partial charge is 0.262 e. The number of nitrogens with zero attached hydrogens (tertiary/aromatic N) is 4. The number of ether oxygens (including phenoxy) is 1. The van der Waals surface area contributed by atoms with Gasteiger partial charge in [0.15, 0.2) is 5.16 Å². The van der Waals surface area contributed by atoms with E-state index in [2.05, 4.69) is 16.3 Å². The van der Waals surface area contributed by atoms with E-state index >= 15 is 0 Å². The second-order valence-electron chi connectivity index (χ2n) is 7.06. The van der Waals surface area contributed by atoms with Crippen molar-refractivity contribution < 1.29 is 4.74 Å². The van der Waals surface area contributed by atoms with Crippen molar-refractivity contribution in [1.29, 1.82) is 0 Å². The van der Waals surface area contributed by atoms with Crippen molar-refractivity contribution in [2.75, 3.05) is 13.7 Å². The van der Waals surface area contributed by atoms with E-state index in [1.807, 2.05) is 46.9 Å². The number of thioether (sulfide) groups is 1. The van der Waals surface area contributed by atoms with E-state index in [-0.39, 0.29) is 5.56 Å². The highest BCUT2D eigenvalue weighted by Crippen LogP contribution is 2.38. The Balaban J connectivity index is 1.57. The Morgan fingerprint density at radius 3 is 2.68 bits per heavy atom. The minimum absolute atomic E-state index is 0.0595. The molecule has 0 saturated heterocycles. The molecule has 0 fully saturated rings. The van der Waals surface area contributed by atoms with Gasteiger partial charge in [0.05, 0.1) is 15.9 Å². The van der Waals surface area contributed by atoms with Crippen LogP contribution in [0.15, 0.2) is 58.5 Å². The summed E-state index contributed by atoms with van der Waals surface area (Å²) in [6.07, 6.45) is 0.719. The van der Waals surface area contributed by atoms with Gasteiger partial charge >= 0.3 is 0 Å². The lowest BCUT2D eigenvalue weighted by atomic mass is 10.2. The third-order valence-corrected chi connectivity index (χ3v) is 7.99. The zero-order valence-corrected chi connectivity index (χ0v) is 19.1. The number of benzene rings is 2. The molecule has 0 saturated carbocycles. The number of hydrogen-bond donors (Lipinski definition) is 0. The van der Waals surface area contributed by atoms with Gasteiger partial charge in [0, 0.05) is 41.0 Å². The predicted molar refractivity (Wildman–Crippen MR) is 128 cm³/mol. The van der Waals surface area contributed by atoms with Crippen LogP contribution in [0.2, 0.25) is 5.02 Å². The number of aromatic nitrogens is 4. The Bertz CT molecular complexity index is 1460. The van der Waals surface area contributed by atoms with Gasteiger partial charge in [-0.25, -0.2) is 0 Å². The first-order valence-corrected chi connectivity index (χ1v) is 12.0. The minimum atomic E-state index is -0.0595. The van der Waals surface area contributed by atoms with Gasteiger partial charge in [0.2, 0.25) is 5.78 Å². The lowest BCUT2D eigenvalue weighted by Gasteiger charge is -2.11. The number of hydrogen-bond acceptors (Lipinski definition) is 6. The largest absolute Gasteiger partial charge is 0.385 e. The summed E-state index contributed by atoms with van der Waals surface area (Å²) in [5.41, 5.74) is 0.746. The fourth-order valence-corrected chi connectivity index (χ4v) is 6.28. The van der Waals surface area contributed by atoms with Gasteiger partial charge < -0.3 is 4.74 Å². The van der Waals surface area contributed by atoms with E-state index in [0.717, 1.165) is 32.4 Å². The van der Waals surface area contributed by atoms with Crippen LogP contribution in [0.1, 0.15) is 11.3 Å². The van der Waals surface area contributed by atoms with E-state index in [4.69, 9.17) is 16.3 Å². The summed E-state index contributed by atoms with van der Waals surface area (Å²) in [5.74, 6) is 1.22. The van der Waals surface area contributed by atoms with Crippen LogP contribution in [0.25, 0.3) is 26.8 Å². The van der Waals surface area contributed by atoms with Gasteiger partial charge in [0.25, 0.3) is 5.56 Å². The lowest BCUT2D eigenvalue weighted by Crippen LogP contribution is -2.24. The number of halogens is 1. The van der Waals surface area contributed by atoms with Crippen LogP contribution < -0.4 is 5.56 Å². The SMILES string of the molecule is COCCCn1c(=O)c2ccccc2n2c(SCc3sc4ccccc4c3Cl)nnc12. The maximum atomic E-state index is 13.1. The molecule has 0 amide bonds. The van der Waals surface area contributed by atoms with Crippen LogP contribution in [-0.4, -0.2) is 32.9 Å². The summed E-state index contributed by atoms with van der Waals surface area (Å²) < 4.78 is 9.98. The van der Waals surface area contributed by atoms with Gasteiger partial charge in [-0.3, -0.25) is 13.8 Å². The van der Waals surface area contributed by atoms with E-state index in [9.17, 15) is 4.79 Å². The molecule has 6 nitrogen and oxygen atoms in total. The molecular formula is C22H19ClN4O2S2. The molecular weight excluding hydrogens is 452 g/mol. The summed E-state index contributed by atoms with van der Waals surface area (Å²) in [4.78, 5) is 14.2. The molecule has 5 rings (SSSR count). The minimum Gasteiger partial charge on any atom is -0.385 e. The molecule has 5 aromatic rings. The Morgan fingerprint density at radius 2 is 1.87 bits per heavy atom. The Labute approximate surface area is 191 Å². The maximum Gasteiger partial charge on any atom is 0.262 e. The van der Waals surface area contributed by atoms with Gasteiger partial charge in [0.1, 0.15) is 0 Å². The average molecular weight is 471 g/mol. The number of aryl methyl sites for hydroxylation is 1. The highest BCUT2D eigenvalue weighted by atomic mass is 35.5. The molecule has 0 aliphatic rings. The molecule has 3 heterocycles. The Morgan fingerprint density at radius 1 is 1.10 bits per heavy atom. The molecule has 0 aliphatic carbocycles. The molecule has 0 spiro atoms. The summed E-state index contributed by atoms with van der Waals surface area (Å²) in [5, 5.41) is 12.0. The van der Waals surface area contributed by atoms with Crippen LogP contribution >= 0.6 is 34.7 Å². The average Bonchev–Trinajstić information content (AvgIpc) is 3.36. The molecule has 31 heavy (non-hydrogen) atoms. The molecule has 0 aliphatic heterocycles. The summed E-state index contributed by atoms with van der Waals surface area (Å²) in [6, 6.07) is 15.7. The number of para-hydroxylation sites is 1. The van der Waals surface area contributed by atoms with Gasteiger partial charge in [-0.05, 0) is 24.6 Å². The second-order valence-corrected chi connectivity index (χ2v) is 9.52. The highest BCUT2D eigenvalue weighted by Gasteiger charge is 2.18. The highest BCUT2D eigenvalue weighted by molar-refractivity contribution is 7.98. The molecule has 0 radical (unpaired) electrons. The summed E-state index contributed by atoms with van der Waals surface area (Å²) >= 11 is 9.89. The zero-order valence-electron chi connectivity index (χ0n) is 16.7. The van der Waals surface area contributed by atoms with Gasteiger partial charge in [-0.2, -0.15) is 0 Å². The lowest BCUT2D eigenvalue weighted by molar-refractivity contribution is 0.190. The Hall–Kier alpha value is -2.39. The fourth-order valence-electron chi connectivity index (χ4n) is 3.68. The quantitative estimate of drug-likeness (QED) is 0.240. The van der Waals surface area contributed by atoms with E-state index in [0.29, 0.717) is 30.1 Å². The van der Waals surface area contributed by atoms with Crippen molar-refractivity contribution in [1.82, 2.24) is 19.2 Å². The first-order valence-electron chi connectivity index (χ1n) is 9.83. The van der Waals surface area contributed by atoms with Crippen LogP contribution in [0.3, 0.4) is 0 Å². The first-order chi connectivity index (χ1) is 15.2. The summed E-state index contributed by atoms with van der Waals surface area (Å²) in [6.45, 7) is 1.09. The van der Waals surface area contributed by atoms with Crippen molar-refractivity contribution in [3.05, 3.63) is 68.8 Å². The standard InChI is InChI=1S/C22H19ClN4O2S2/c1-29-12-6-11-26-20(28)14-7-2-4-9-16(14)27-21(26)24-25-22(27)30-13-18-19(23)15-8-3-5-10-17(15)31-18/h2-5,7-10H,6,11-13H2,1H3. The van der Waals surface area contributed by atoms with Crippen LogP contribution in [0.4, 0.5) is 0 Å². The third-order valence-electron chi connectivity index (χ3n) is 5.14. The molecule has 9 heteroatoms. The molecule has 158 valence electrons. The van der Waals surface area contributed by atoms with Crippen LogP contribution in [0, 0.1) is 0 Å². The molecule has 0 bridgehead atoms. The molecule has 2 aromatic carbocycles. The Kier molecular flexibility index (Phi) is 5.71. The van der Waals surface area contributed by atoms with Crippen molar-refractivity contribution in [2.45, 2.75) is 23.9 Å². The number of thiophene rings is 1. The normalized spacial score (nSPS) is 11.8. The number of rotatable bonds is 7. The number of methoxy groups -OCH3 is 1. The topological polar surface area (TPSA) is 61.4 Å². The monoisotopic (exact) mass is 470 g/mol. The third kappa shape index (κ3) is 3.63. The van der Waals surface area contributed by atoms with E-state index in [1.54, 1.807) is 34.8 Å². The van der Waals surface area contributed by atoms with E-state index in [1.165, 1.54) is 4.70 Å². The van der Waals surface area contributed by atoms with Gasteiger partial charge in [-0.1, -0.05) is 53.7 Å². The van der Waals surface area contributed by atoms with Gasteiger partial charge in [-0.15, -0.1) is 21.5 Å². The first kappa shape index (κ1) is 20.5. The van der Waals surface area contributed by atoms with E-state index < -0.39 is 0 Å². The van der Waals surface area contributed by atoms with Crippen molar-refractivity contribution in [3.63, 3.8) is 0 Å². The molecule has 0 unspecified atom stereocenters. The molecule has 3 aromatic heterocycles. The molecule has 0 N–H and O–H groups in total. The zero-order chi connectivity index (χ0) is 21.4. The molecule has 0 atom stereocenters. The van der Waals surface area contributed by atoms with Crippen LogP contribution in [0.5, 0.6) is 0 Å². The predicted octanol–water partition coefficient (Wildman–Crippen LogP) is 5.24. The van der Waals surface area contributed by atoms with Crippen molar-refractivity contribution in [3.8, 4) is 0 Å². The maximum absolute atomic E-state index is 13.1. The number of fused-ring (bicyclic) bond motifs is 4. The van der Waals surface area contributed by atoms with Crippen molar-refractivity contribution >= 4 is 61.5 Å². The fraction of sp³-hybridized carbons (Fsp3) is 0.227. The summed E-state index contributed by atoms with van der Waals surface area (Å²) in [7, 11) is 1.66. The second kappa shape index (κ2) is 8.63. The van der Waals surface area contributed by atoms with Crippen LogP contribution in [-0.2, 0) is 17.0 Å². The van der Waals surface area contributed by atoms with Crippen molar-refractivity contribution in [2.24, 2.45) is 0 Å².